The number of fused-ring (bicyclic) bond motifs is 1. The van der Waals surface area contributed by atoms with Gasteiger partial charge < -0.3 is 19.9 Å². The summed E-state index contributed by atoms with van der Waals surface area (Å²) in [6.45, 7) is 1.15. The van der Waals surface area contributed by atoms with Crippen molar-refractivity contribution in [1.29, 1.82) is 0 Å². The van der Waals surface area contributed by atoms with Crippen LogP contribution >= 0.6 is 0 Å². The molecule has 2 N–H and O–H groups in total. The number of anilines is 1. The first-order valence-electron chi connectivity index (χ1n) is 8.44. The second-order valence-corrected chi connectivity index (χ2v) is 5.94. The number of nitrogens with zero attached hydrogens (tertiary/aromatic N) is 2. The molecule has 0 spiro atoms. The Morgan fingerprint density at radius 2 is 1.69 bits per heavy atom. The van der Waals surface area contributed by atoms with Crippen LogP contribution in [0, 0.1) is 5.82 Å². The number of methoxy groups -OCH3 is 2. The van der Waals surface area contributed by atoms with Crippen LogP contribution in [0.15, 0.2) is 42.6 Å². The number of carbonyl (C=O) groups is 2. The van der Waals surface area contributed by atoms with E-state index in [9.17, 15) is 14.0 Å². The maximum atomic E-state index is 14.6. The van der Waals surface area contributed by atoms with Gasteiger partial charge in [0.25, 0.3) is 0 Å². The summed E-state index contributed by atoms with van der Waals surface area (Å²) in [5, 5.41) is 0.580. The molecule has 2 aromatic carbocycles. The minimum absolute atomic E-state index is 0.000780. The van der Waals surface area contributed by atoms with E-state index in [0.717, 1.165) is 13.0 Å². The number of primary amides is 1. The number of halogens is 1. The van der Waals surface area contributed by atoms with E-state index < -0.39 is 17.8 Å². The third-order valence-corrected chi connectivity index (χ3v) is 4.14. The molecule has 0 aliphatic rings. The Kier molecular flexibility index (Phi) is 5.49. The van der Waals surface area contributed by atoms with Gasteiger partial charge in [0.2, 0.25) is 5.91 Å². The summed E-state index contributed by atoms with van der Waals surface area (Å²) in [5.41, 5.74) is 5.74. The third kappa shape index (κ3) is 3.88. The van der Waals surface area contributed by atoms with Gasteiger partial charge in [-0.3, -0.25) is 9.78 Å². The first-order chi connectivity index (χ1) is 13.8. The number of carbonyl (C=O) groups excluding carboxylic acids is 2. The van der Waals surface area contributed by atoms with Gasteiger partial charge in [-0.1, -0.05) is 0 Å². The number of imide groups is 1. The van der Waals surface area contributed by atoms with E-state index in [1.54, 1.807) is 18.2 Å². The molecule has 1 aromatic heterocycles. The van der Waals surface area contributed by atoms with Gasteiger partial charge in [-0.25, -0.2) is 14.1 Å². The topological polar surface area (TPSA) is 104 Å². The Morgan fingerprint density at radius 3 is 2.28 bits per heavy atom. The van der Waals surface area contributed by atoms with Crippen LogP contribution in [-0.4, -0.2) is 31.1 Å². The number of ether oxygens (including phenoxy) is 3. The summed E-state index contributed by atoms with van der Waals surface area (Å²) in [6.07, 6.45) is 1.51. The molecule has 150 valence electrons. The minimum Gasteiger partial charge on any atom is -0.493 e. The van der Waals surface area contributed by atoms with Crippen molar-refractivity contribution < 1.29 is 28.2 Å². The zero-order valence-electron chi connectivity index (χ0n) is 15.9. The van der Waals surface area contributed by atoms with E-state index in [4.69, 9.17) is 19.9 Å². The molecule has 0 aliphatic carbocycles. The van der Waals surface area contributed by atoms with E-state index in [1.165, 1.54) is 32.5 Å². The highest BCUT2D eigenvalue weighted by molar-refractivity contribution is 6.12. The van der Waals surface area contributed by atoms with Gasteiger partial charge in [0.15, 0.2) is 23.1 Å². The molecule has 0 atom stereocenters. The van der Waals surface area contributed by atoms with Crippen molar-refractivity contribution in [2.24, 2.45) is 5.73 Å². The number of hydrogen-bond donors (Lipinski definition) is 1. The maximum absolute atomic E-state index is 14.6. The highest BCUT2D eigenvalue weighted by Gasteiger charge is 2.19. The fraction of sp³-hybridized carbons (Fsp3) is 0.150. The first kappa shape index (κ1) is 19.9. The Hall–Kier alpha value is -3.88. The molecule has 1 heterocycles. The van der Waals surface area contributed by atoms with E-state index in [1.807, 2.05) is 0 Å². The van der Waals surface area contributed by atoms with Gasteiger partial charge in [-0.2, -0.15) is 0 Å². The van der Waals surface area contributed by atoms with Gasteiger partial charge >= 0.3 is 6.03 Å². The van der Waals surface area contributed by atoms with Gasteiger partial charge in [-0.15, -0.1) is 0 Å². The molecule has 3 amide bonds. The lowest BCUT2D eigenvalue weighted by molar-refractivity contribution is -0.115. The summed E-state index contributed by atoms with van der Waals surface area (Å²) in [4.78, 5) is 27.9. The molecular formula is C20H18FN3O5. The number of nitrogens with two attached hydrogens (primary N) is 1. The van der Waals surface area contributed by atoms with E-state index in [-0.39, 0.29) is 11.4 Å². The fourth-order valence-electron chi connectivity index (χ4n) is 2.83. The van der Waals surface area contributed by atoms with Crippen molar-refractivity contribution in [2.75, 3.05) is 19.1 Å². The van der Waals surface area contributed by atoms with E-state index >= 15 is 0 Å². The molecule has 0 saturated carbocycles. The summed E-state index contributed by atoms with van der Waals surface area (Å²) in [5.74, 6) is -0.222. The van der Waals surface area contributed by atoms with Crippen molar-refractivity contribution >= 4 is 28.5 Å². The Labute approximate surface area is 165 Å². The molecule has 29 heavy (non-hydrogen) atoms. The lowest BCUT2D eigenvalue weighted by Gasteiger charge is -2.17. The van der Waals surface area contributed by atoms with Crippen LogP contribution in [-0.2, 0) is 4.79 Å². The molecule has 0 radical (unpaired) electrons. The average Bonchev–Trinajstić information content (AvgIpc) is 2.68. The van der Waals surface area contributed by atoms with Crippen LogP contribution in [0.25, 0.3) is 10.9 Å². The van der Waals surface area contributed by atoms with E-state index in [0.29, 0.717) is 33.1 Å². The second-order valence-electron chi connectivity index (χ2n) is 5.94. The summed E-state index contributed by atoms with van der Waals surface area (Å²) in [7, 11) is 3.01. The number of aromatic nitrogens is 1. The van der Waals surface area contributed by atoms with Crippen LogP contribution in [0.3, 0.4) is 0 Å². The average molecular weight is 399 g/mol. The summed E-state index contributed by atoms with van der Waals surface area (Å²) < 4.78 is 30.9. The van der Waals surface area contributed by atoms with Gasteiger partial charge in [0.1, 0.15) is 5.75 Å². The molecule has 3 rings (SSSR count). The molecule has 0 saturated heterocycles. The van der Waals surface area contributed by atoms with Crippen molar-refractivity contribution in [3.8, 4) is 23.0 Å². The summed E-state index contributed by atoms with van der Waals surface area (Å²) >= 11 is 0. The fourth-order valence-corrected chi connectivity index (χ4v) is 2.83. The van der Waals surface area contributed by atoms with Crippen LogP contribution < -0.4 is 24.8 Å². The molecule has 0 fully saturated rings. The molecule has 0 aliphatic heterocycles. The first-order valence-corrected chi connectivity index (χ1v) is 8.44. The minimum atomic E-state index is -1.01. The van der Waals surface area contributed by atoms with Crippen LogP contribution in [0.2, 0.25) is 0 Å². The Balaban J connectivity index is 2.01. The molecule has 0 unspecified atom stereocenters. The number of rotatable bonds is 5. The zero-order valence-corrected chi connectivity index (χ0v) is 15.9. The summed E-state index contributed by atoms with van der Waals surface area (Å²) in [6, 6.07) is 7.58. The predicted molar refractivity (Wildman–Crippen MR) is 104 cm³/mol. The second kappa shape index (κ2) is 8.01. The van der Waals surface area contributed by atoms with Gasteiger partial charge in [0.05, 0.1) is 25.4 Å². The van der Waals surface area contributed by atoms with Crippen LogP contribution in [0.5, 0.6) is 23.0 Å². The number of benzene rings is 2. The van der Waals surface area contributed by atoms with Crippen molar-refractivity contribution in [2.45, 2.75) is 6.92 Å². The Morgan fingerprint density at radius 1 is 1.00 bits per heavy atom. The number of pyridine rings is 1. The zero-order chi connectivity index (χ0) is 21.1. The normalized spacial score (nSPS) is 10.5. The van der Waals surface area contributed by atoms with E-state index in [2.05, 4.69) is 4.98 Å². The van der Waals surface area contributed by atoms with Crippen molar-refractivity contribution in [3.63, 3.8) is 0 Å². The predicted octanol–water partition coefficient (Wildman–Crippen LogP) is 3.62. The molecular weight excluding hydrogens is 381 g/mol. The quantitative estimate of drug-likeness (QED) is 0.703. The highest BCUT2D eigenvalue weighted by atomic mass is 19.1. The van der Waals surface area contributed by atoms with Crippen molar-refractivity contribution in [3.05, 3.63) is 48.4 Å². The highest BCUT2D eigenvalue weighted by Crippen LogP contribution is 2.37. The maximum Gasteiger partial charge on any atom is 0.326 e. The monoisotopic (exact) mass is 399 g/mol. The van der Waals surface area contributed by atoms with Gasteiger partial charge in [0, 0.05) is 30.6 Å². The van der Waals surface area contributed by atoms with Crippen LogP contribution in [0.4, 0.5) is 14.9 Å². The molecule has 9 heteroatoms. The lowest BCUT2D eigenvalue weighted by Crippen LogP contribution is -2.39. The van der Waals surface area contributed by atoms with Crippen LogP contribution in [0.1, 0.15) is 6.92 Å². The van der Waals surface area contributed by atoms with Crippen molar-refractivity contribution in [1.82, 2.24) is 4.98 Å². The van der Waals surface area contributed by atoms with Gasteiger partial charge in [-0.05, 0) is 24.3 Å². The Bertz CT molecular complexity index is 1090. The number of hydrogen-bond acceptors (Lipinski definition) is 6. The molecule has 8 nitrogen and oxygen atoms in total. The lowest BCUT2D eigenvalue weighted by atomic mass is 10.1. The standard InChI is InChI=1S/C20H18FN3O5/c1-11(25)24(20(22)26)12-4-5-17(14(21)8-12)29-16-6-7-23-15-10-19(28-3)18(27-2)9-13(15)16/h4-10H,1-3H3,(H2,22,26). The number of amides is 3. The molecule has 0 bridgehead atoms. The molecule has 3 aromatic rings. The third-order valence-electron chi connectivity index (χ3n) is 4.14. The smallest absolute Gasteiger partial charge is 0.326 e. The number of urea groups is 1. The SMILES string of the molecule is COc1cc2nccc(Oc3ccc(N(C(C)=O)C(N)=O)cc3F)c2cc1OC. The largest absolute Gasteiger partial charge is 0.493 e.